The van der Waals surface area contributed by atoms with Crippen LogP contribution in [0.15, 0.2) is 12.1 Å². The highest BCUT2D eigenvalue weighted by atomic mass is 19.2. The highest BCUT2D eigenvalue weighted by molar-refractivity contribution is 5.23. The molecule has 1 aromatic rings. The summed E-state index contributed by atoms with van der Waals surface area (Å²) in [5.74, 6) is -2.95. The van der Waals surface area contributed by atoms with Gasteiger partial charge in [-0.2, -0.15) is 0 Å². The average Bonchev–Trinajstić information content (AvgIpc) is 2.25. The van der Waals surface area contributed by atoms with Crippen molar-refractivity contribution in [3.8, 4) is 0 Å². The standard InChI is InChI=1S/C12H16F3N/c1-3-7(4-2)12(16)8-5-10(14)11(15)6-9(8)13/h5-7,12H,3-4,16H2,1-2H3. The quantitative estimate of drug-likeness (QED) is 0.788. The molecular weight excluding hydrogens is 215 g/mol. The van der Waals surface area contributed by atoms with E-state index in [9.17, 15) is 13.2 Å². The zero-order valence-corrected chi connectivity index (χ0v) is 9.43. The van der Waals surface area contributed by atoms with E-state index in [0.717, 1.165) is 18.9 Å². The molecule has 0 radical (unpaired) electrons. The normalized spacial score (nSPS) is 13.2. The molecule has 0 heterocycles. The van der Waals surface area contributed by atoms with Crippen molar-refractivity contribution in [3.63, 3.8) is 0 Å². The van der Waals surface area contributed by atoms with Crippen LogP contribution < -0.4 is 5.73 Å². The third kappa shape index (κ3) is 2.55. The molecule has 90 valence electrons. The number of benzene rings is 1. The van der Waals surface area contributed by atoms with Crippen LogP contribution in [0.4, 0.5) is 13.2 Å². The van der Waals surface area contributed by atoms with Crippen molar-refractivity contribution in [2.24, 2.45) is 11.7 Å². The smallest absolute Gasteiger partial charge is 0.161 e. The van der Waals surface area contributed by atoms with Crippen LogP contribution in [0, 0.1) is 23.4 Å². The molecule has 0 aromatic heterocycles. The van der Waals surface area contributed by atoms with Gasteiger partial charge in [-0.25, -0.2) is 13.2 Å². The number of rotatable bonds is 4. The van der Waals surface area contributed by atoms with Gasteiger partial charge >= 0.3 is 0 Å². The van der Waals surface area contributed by atoms with Gasteiger partial charge < -0.3 is 5.73 Å². The van der Waals surface area contributed by atoms with Crippen molar-refractivity contribution in [1.29, 1.82) is 0 Å². The van der Waals surface area contributed by atoms with E-state index in [1.165, 1.54) is 0 Å². The Hall–Kier alpha value is -1.03. The molecule has 1 aromatic carbocycles. The van der Waals surface area contributed by atoms with E-state index in [4.69, 9.17) is 5.73 Å². The van der Waals surface area contributed by atoms with Crippen LogP contribution in [0.2, 0.25) is 0 Å². The molecule has 16 heavy (non-hydrogen) atoms. The first-order chi connectivity index (χ1) is 7.51. The molecule has 1 rings (SSSR count). The van der Waals surface area contributed by atoms with E-state index in [-0.39, 0.29) is 11.5 Å². The monoisotopic (exact) mass is 231 g/mol. The largest absolute Gasteiger partial charge is 0.324 e. The van der Waals surface area contributed by atoms with Gasteiger partial charge in [0.05, 0.1) is 0 Å². The first kappa shape index (κ1) is 13.0. The van der Waals surface area contributed by atoms with Crippen LogP contribution in [-0.4, -0.2) is 0 Å². The Morgan fingerprint density at radius 1 is 1.00 bits per heavy atom. The van der Waals surface area contributed by atoms with Crippen LogP contribution in [0.1, 0.15) is 38.3 Å². The summed E-state index contributed by atoms with van der Waals surface area (Å²) >= 11 is 0. The maximum absolute atomic E-state index is 13.4. The van der Waals surface area contributed by atoms with Crippen LogP contribution in [0.25, 0.3) is 0 Å². The molecule has 1 unspecified atom stereocenters. The fourth-order valence-corrected chi connectivity index (χ4v) is 1.84. The molecule has 2 N–H and O–H groups in total. The molecule has 0 spiro atoms. The first-order valence-corrected chi connectivity index (χ1v) is 5.41. The van der Waals surface area contributed by atoms with E-state index in [1.54, 1.807) is 0 Å². The topological polar surface area (TPSA) is 26.0 Å². The Balaban J connectivity index is 3.07. The summed E-state index contributed by atoms with van der Waals surface area (Å²) in [5.41, 5.74) is 5.90. The third-order valence-corrected chi connectivity index (χ3v) is 2.96. The van der Waals surface area contributed by atoms with Gasteiger partial charge in [-0.05, 0) is 12.0 Å². The Morgan fingerprint density at radius 3 is 2.00 bits per heavy atom. The maximum atomic E-state index is 13.4. The lowest BCUT2D eigenvalue weighted by Crippen LogP contribution is -2.22. The van der Waals surface area contributed by atoms with Crippen LogP contribution >= 0.6 is 0 Å². The Bertz CT molecular complexity index is 362. The number of hydrogen-bond acceptors (Lipinski definition) is 1. The van der Waals surface area contributed by atoms with Gasteiger partial charge in [0, 0.05) is 17.7 Å². The van der Waals surface area contributed by atoms with Crippen molar-refractivity contribution in [1.82, 2.24) is 0 Å². The molecule has 0 aliphatic carbocycles. The Kier molecular flexibility index (Phi) is 4.35. The fraction of sp³-hybridized carbons (Fsp3) is 0.500. The minimum absolute atomic E-state index is 0.0487. The average molecular weight is 231 g/mol. The minimum Gasteiger partial charge on any atom is -0.324 e. The van der Waals surface area contributed by atoms with Crippen LogP contribution in [-0.2, 0) is 0 Å². The highest BCUT2D eigenvalue weighted by Gasteiger charge is 2.21. The van der Waals surface area contributed by atoms with Crippen molar-refractivity contribution >= 4 is 0 Å². The molecule has 0 aliphatic rings. The lowest BCUT2D eigenvalue weighted by Gasteiger charge is -2.22. The Labute approximate surface area is 93.5 Å². The molecule has 0 saturated carbocycles. The van der Waals surface area contributed by atoms with Gasteiger partial charge in [0.2, 0.25) is 0 Å². The molecule has 0 bridgehead atoms. The zero-order valence-electron chi connectivity index (χ0n) is 9.43. The second kappa shape index (κ2) is 5.34. The van der Waals surface area contributed by atoms with Crippen LogP contribution in [0.3, 0.4) is 0 Å². The molecular formula is C12H16F3N. The second-order valence-electron chi connectivity index (χ2n) is 3.89. The van der Waals surface area contributed by atoms with Gasteiger partial charge in [-0.15, -0.1) is 0 Å². The summed E-state index contributed by atoms with van der Waals surface area (Å²) in [6.07, 6.45) is 1.55. The van der Waals surface area contributed by atoms with Crippen molar-refractivity contribution in [2.75, 3.05) is 0 Å². The van der Waals surface area contributed by atoms with E-state index in [1.807, 2.05) is 13.8 Å². The van der Waals surface area contributed by atoms with E-state index >= 15 is 0 Å². The molecule has 0 aliphatic heterocycles. The fourth-order valence-electron chi connectivity index (χ4n) is 1.84. The molecule has 1 atom stereocenters. The summed E-state index contributed by atoms with van der Waals surface area (Å²) in [6, 6.07) is 0.811. The molecule has 1 nitrogen and oxygen atoms in total. The van der Waals surface area contributed by atoms with Gasteiger partial charge in [0.15, 0.2) is 11.6 Å². The molecule has 0 fully saturated rings. The van der Waals surface area contributed by atoms with Gasteiger partial charge in [-0.3, -0.25) is 0 Å². The number of halogens is 3. The van der Waals surface area contributed by atoms with E-state index in [2.05, 4.69) is 0 Å². The molecule has 0 amide bonds. The van der Waals surface area contributed by atoms with Gasteiger partial charge in [-0.1, -0.05) is 26.7 Å². The summed E-state index contributed by atoms with van der Waals surface area (Å²) < 4.78 is 39.2. The summed E-state index contributed by atoms with van der Waals surface area (Å²) in [7, 11) is 0. The van der Waals surface area contributed by atoms with E-state index in [0.29, 0.717) is 6.07 Å². The summed E-state index contributed by atoms with van der Waals surface area (Å²) in [4.78, 5) is 0. The van der Waals surface area contributed by atoms with Gasteiger partial charge in [0.25, 0.3) is 0 Å². The number of nitrogens with two attached hydrogens (primary N) is 1. The predicted molar refractivity (Wildman–Crippen MR) is 57.3 cm³/mol. The van der Waals surface area contributed by atoms with E-state index < -0.39 is 23.5 Å². The highest BCUT2D eigenvalue weighted by Crippen LogP contribution is 2.28. The third-order valence-electron chi connectivity index (χ3n) is 2.96. The summed E-state index contributed by atoms with van der Waals surface area (Å²) in [6.45, 7) is 3.87. The lowest BCUT2D eigenvalue weighted by atomic mass is 9.89. The minimum atomic E-state index is -1.18. The van der Waals surface area contributed by atoms with Crippen LogP contribution in [0.5, 0.6) is 0 Å². The van der Waals surface area contributed by atoms with Gasteiger partial charge in [0.1, 0.15) is 5.82 Å². The maximum Gasteiger partial charge on any atom is 0.161 e. The van der Waals surface area contributed by atoms with Crippen molar-refractivity contribution in [2.45, 2.75) is 32.7 Å². The molecule has 0 saturated heterocycles. The van der Waals surface area contributed by atoms with Crippen molar-refractivity contribution in [3.05, 3.63) is 35.1 Å². The number of hydrogen-bond donors (Lipinski definition) is 1. The SMILES string of the molecule is CCC(CC)C(N)c1cc(F)c(F)cc1F. The second-order valence-corrected chi connectivity index (χ2v) is 3.89. The zero-order chi connectivity index (χ0) is 12.3. The van der Waals surface area contributed by atoms with Crippen molar-refractivity contribution < 1.29 is 13.2 Å². The Morgan fingerprint density at radius 2 is 1.50 bits per heavy atom. The first-order valence-electron chi connectivity index (χ1n) is 5.41. The lowest BCUT2D eigenvalue weighted by molar-refractivity contribution is 0.388. The molecule has 4 heteroatoms. The predicted octanol–water partition coefficient (Wildman–Crippen LogP) is 3.54. The summed E-state index contributed by atoms with van der Waals surface area (Å²) in [5, 5.41) is 0.